The van der Waals surface area contributed by atoms with E-state index >= 15 is 0 Å². The molecule has 0 saturated heterocycles. The molecule has 3 aromatic heterocycles. The Morgan fingerprint density at radius 3 is 2.50 bits per heavy atom. The molecule has 26 heavy (non-hydrogen) atoms. The molecule has 0 atom stereocenters. The Hall–Kier alpha value is -3.36. The van der Waals surface area contributed by atoms with Crippen molar-refractivity contribution in [3.63, 3.8) is 0 Å². The van der Waals surface area contributed by atoms with E-state index < -0.39 is 0 Å². The number of nitrogens with one attached hydrogen (secondary N) is 2. The highest BCUT2D eigenvalue weighted by Crippen LogP contribution is 2.22. The largest absolute Gasteiger partial charge is 0.382 e. The number of fused-ring (bicyclic) bond motifs is 1. The lowest BCUT2D eigenvalue weighted by Crippen LogP contribution is -2.53. The smallest absolute Gasteiger partial charge is 0.256 e. The Kier molecular flexibility index (Phi) is 3.83. The first-order chi connectivity index (χ1) is 12.5. The molecule has 9 heteroatoms. The number of aryl methyl sites for hydroxylation is 1. The zero-order valence-corrected chi connectivity index (χ0v) is 14.2. The fourth-order valence-electron chi connectivity index (χ4n) is 3.20. The topological polar surface area (TPSA) is 119 Å². The molecule has 9 nitrogen and oxygen atoms in total. The summed E-state index contributed by atoms with van der Waals surface area (Å²) < 4.78 is 3.17. The Morgan fingerprint density at radius 1 is 1.15 bits per heavy atom. The zero-order chi connectivity index (χ0) is 18.3. The van der Waals surface area contributed by atoms with E-state index in [9.17, 15) is 9.59 Å². The fourth-order valence-corrected chi connectivity index (χ4v) is 3.20. The number of anilines is 1. The van der Waals surface area contributed by atoms with Gasteiger partial charge in [-0.3, -0.25) is 14.3 Å². The van der Waals surface area contributed by atoms with Gasteiger partial charge in [-0.05, 0) is 31.0 Å². The quantitative estimate of drug-likeness (QED) is 0.625. The maximum absolute atomic E-state index is 12.5. The third kappa shape index (κ3) is 2.87. The molecule has 1 aliphatic rings. The van der Waals surface area contributed by atoms with Crippen LogP contribution in [0, 0.1) is 0 Å². The van der Waals surface area contributed by atoms with Crippen LogP contribution in [0.3, 0.4) is 0 Å². The van der Waals surface area contributed by atoms with Gasteiger partial charge in [-0.15, -0.1) is 0 Å². The minimum atomic E-state index is -0.241. The van der Waals surface area contributed by atoms with Crippen molar-refractivity contribution in [2.75, 3.05) is 5.73 Å². The number of nitrogens with two attached hydrogens (primary N) is 1. The molecule has 1 fully saturated rings. The van der Waals surface area contributed by atoms with Gasteiger partial charge in [0.2, 0.25) is 0 Å². The van der Waals surface area contributed by atoms with E-state index in [4.69, 9.17) is 5.73 Å². The summed E-state index contributed by atoms with van der Waals surface area (Å²) in [5.41, 5.74) is 7.43. The molecular formula is C17H19N7O2. The highest BCUT2D eigenvalue weighted by atomic mass is 16.2. The predicted octanol–water partition coefficient (Wildman–Crippen LogP) is 0.341. The number of hydrogen-bond acceptors (Lipinski definition) is 5. The van der Waals surface area contributed by atoms with E-state index in [1.807, 2.05) is 0 Å². The number of nitrogen functional groups attached to an aromatic ring is 1. The third-order valence-electron chi connectivity index (χ3n) is 4.59. The van der Waals surface area contributed by atoms with Gasteiger partial charge < -0.3 is 16.4 Å². The second-order valence-corrected chi connectivity index (χ2v) is 6.50. The van der Waals surface area contributed by atoms with Gasteiger partial charge in [0, 0.05) is 31.5 Å². The maximum atomic E-state index is 12.5. The van der Waals surface area contributed by atoms with Crippen molar-refractivity contribution >= 4 is 23.1 Å². The molecule has 3 aromatic rings. The van der Waals surface area contributed by atoms with Gasteiger partial charge in [0.15, 0.2) is 5.82 Å². The fraction of sp³-hybridized carbons (Fsp3) is 0.294. The van der Waals surface area contributed by atoms with Crippen LogP contribution in [0.2, 0.25) is 0 Å². The predicted molar refractivity (Wildman–Crippen MR) is 94.6 cm³/mol. The van der Waals surface area contributed by atoms with Crippen molar-refractivity contribution in [3.05, 3.63) is 47.9 Å². The second-order valence-electron chi connectivity index (χ2n) is 6.50. The molecule has 0 bridgehead atoms. The molecule has 0 aliphatic heterocycles. The number of carbonyl (C=O) groups is 2. The van der Waals surface area contributed by atoms with Gasteiger partial charge in [-0.25, -0.2) is 4.52 Å². The maximum Gasteiger partial charge on any atom is 0.256 e. The van der Waals surface area contributed by atoms with Gasteiger partial charge in [-0.2, -0.15) is 10.2 Å². The van der Waals surface area contributed by atoms with Crippen LogP contribution in [0.15, 0.2) is 36.8 Å². The molecule has 0 radical (unpaired) electrons. The average molecular weight is 353 g/mol. The number of aromatic nitrogens is 4. The van der Waals surface area contributed by atoms with Crippen LogP contribution in [0.1, 0.15) is 33.6 Å². The number of pyridine rings is 1. The molecule has 4 N–H and O–H groups in total. The summed E-state index contributed by atoms with van der Waals surface area (Å²) in [6.45, 7) is 0. The van der Waals surface area contributed by atoms with Crippen molar-refractivity contribution in [2.45, 2.75) is 24.9 Å². The third-order valence-corrected chi connectivity index (χ3v) is 4.59. The van der Waals surface area contributed by atoms with Crippen molar-refractivity contribution in [1.29, 1.82) is 0 Å². The van der Waals surface area contributed by atoms with Gasteiger partial charge in [-0.1, -0.05) is 0 Å². The highest BCUT2D eigenvalue weighted by molar-refractivity contribution is 6.01. The SMILES string of the molecule is Cn1cc(C(=O)NC2CC(NC(=O)c3cccn4nccc34)C2)c(N)n1. The van der Waals surface area contributed by atoms with E-state index in [-0.39, 0.29) is 29.7 Å². The minimum absolute atomic E-state index is 0.0122. The van der Waals surface area contributed by atoms with Crippen LogP contribution in [-0.4, -0.2) is 43.3 Å². The molecule has 3 heterocycles. The second kappa shape index (κ2) is 6.17. The van der Waals surface area contributed by atoms with Gasteiger partial charge >= 0.3 is 0 Å². The lowest BCUT2D eigenvalue weighted by molar-refractivity contribution is 0.0864. The molecular weight excluding hydrogens is 334 g/mol. The Bertz CT molecular complexity index is 984. The Balaban J connectivity index is 1.32. The van der Waals surface area contributed by atoms with Crippen LogP contribution < -0.4 is 16.4 Å². The summed E-state index contributed by atoms with van der Waals surface area (Å²) >= 11 is 0. The Morgan fingerprint density at radius 2 is 1.85 bits per heavy atom. The summed E-state index contributed by atoms with van der Waals surface area (Å²) in [7, 11) is 1.71. The van der Waals surface area contributed by atoms with E-state index in [0.29, 0.717) is 24.0 Å². The average Bonchev–Trinajstić information content (AvgIpc) is 3.18. The lowest BCUT2D eigenvalue weighted by atomic mass is 9.86. The summed E-state index contributed by atoms with van der Waals surface area (Å²) in [5, 5.41) is 14.0. The molecule has 0 aromatic carbocycles. The van der Waals surface area contributed by atoms with Gasteiger partial charge in [0.05, 0.1) is 17.3 Å². The number of carbonyl (C=O) groups excluding carboxylic acids is 2. The Labute approximate surface area is 149 Å². The van der Waals surface area contributed by atoms with E-state index in [2.05, 4.69) is 20.8 Å². The highest BCUT2D eigenvalue weighted by Gasteiger charge is 2.32. The van der Waals surface area contributed by atoms with E-state index in [0.717, 1.165) is 5.52 Å². The number of hydrogen-bond donors (Lipinski definition) is 3. The summed E-state index contributed by atoms with van der Waals surface area (Å²) in [6, 6.07) is 5.41. The lowest BCUT2D eigenvalue weighted by Gasteiger charge is -2.36. The summed E-state index contributed by atoms with van der Waals surface area (Å²) in [6.07, 6.45) is 6.41. The summed E-state index contributed by atoms with van der Waals surface area (Å²) in [5.74, 6) is -0.167. The van der Waals surface area contributed by atoms with Crippen LogP contribution >= 0.6 is 0 Å². The first kappa shape index (κ1) is 16.1. The molecule has 2 amide bonds. The van der Waals surface area contributed by atoms with Crippen molar-refractivity contribution in [2.24, 2.45) is 7.05 Å². The monoisotopic (exact) mass is 353 g/mol. The standard InChI is InChI=1S/C17H19N7O2/c1-23-9-13(15(18)22-23)17(26)21-11-7-10(8-11)20-16(25)12-3-2-6-24-14(12)4-5-19-24/h2-6,9-11H,7-8H2,1H3,(H2,18,22)(H,20,25)(H,21,26). The van der Waals surface area contributed by atoms with Crippen LogP contribution in [-0.2, 0) is 7.05 Å². The van der Waals surface area contributed by atoms with Crippen molar-refractivity contribution in [1.82, 2.24) is 30.0 Å². The number of amides is 2. The van der Waals surface area contributed by atoms with Gasteiger partial charge in [0.25, 0.3) is 11.8 Å². The van der Waals surface area contributed by atoms with Crippen LogP contribution in [0.5, 0.6) is 0 Å². The molecule has 0 spiro atoms. The number of nitrogens with zero attached hydrogens (tertiary/aromatic N) is 4. The minimum Gasteiger partial charge on any atom is -0.382 e. The van der Waals surface area contributed by atoms with Crippen LogP contribution in [0.25, 0.3) is 5.52 Å². The molecule has 0 unspecified atom stereocenters. The number of rotatable bonds is 4. The molecule has 1 aliphatic carbocycles. The first-order valence-corrected chi connectivity index (χ1v) is 8.34. The zero-order valence-electron chi connectivity index (χ0n) is 14.2. The normalized spacial score (nSPS) is 19.1. The molecule has 4 rings (SSSR count). The molecule has 1 saturated carbocycles. The van der Waals surface area contributed by atoms with Gasteiger partial charge in [0.1, 0.15) is 5.56 Å². The first-order valence-electron chi connectivity index (χ1n) is 8.34. The van der Waals surface area contributed by atoms with Crippen molar-refractivity contribution < 1.29 is 9.59 Å². The van der Waals surface area contributed by atoms with E-state index in [1.54, 1.807) is 48.4 Å². The van der Waals surface area contributed by atoms with Crippen molar-refractivity contribution in [3.8, 4) is 0 Å². The van der Waals surface area contributed by atoms with Crippen LogP contribution in [0.4, 0.5) is 5.82 Å². The molecule has 134 valence electrons. The summed E-state index contributed by atoms with van der Waals surface area (Å²) in [4.78, 5) is 24.7. The van der Waals surface area contributed by atoms with E-state index in [1.165, 1.54) is 4.68 Å².